The standard InChI is InChI=1S/C32H26N3O.Pt/c1-21(2)17-22-18-28(34-29(19-22)27-12-4-6-15-31(27)36)23-9-7-10-24(20-23)35-30-14-5-3-11-25(30)26-13-8-16-33-32(26)35;/h3-16,18-19,21,36H,17H2,1-2H3;/q-1;. The summed E-state index contributed by atoms with van der Waals surface area (Å²) in [6.07, 6.45) is 2.75. The molecule has 0 unspecified atom stereocenters. The Morgan fingerprint density at radius 3 is 2.43 bits per heavy atom. The van der Waals surface area contributed by atoms with Crippen LogP contribution in [-0.2, 0) is 27.5 Å². The zero-order valence-electron chi connectivity index (χ0n) is 20.6. The second-order valence-corrected chi connectivity index (χ2v) is 9.54. The Morgan fingerprint density at radius 2 is 1.59 bits per heavy atom. The third-order valence-corrected chi connectivity index (χ3v) is 6.44. The zero-order valence-corrected chi connectivity index (χ0v) is 22.9. The summed E-state index contributed by atoms with van der Waals surface area (Å²) in [5, 5.41) is 12.8. The molecule has 6 rings (SSSR count). The van der Waals surface area contributed by atoms with Crippen LogP contribution in [0, 0.1) is 12.0 Å². The van der Waals surface area contributed by atoms with Crippen LogP contribution >= 0.6 is 0 Å². The molecule has 1 N–H and O–H groups in total. The summed E-state index contributed by atoms with van der Waals surface area (Å²) < 4.78 is 2.16. The molecule has 0 atom stereocenters. The number of para-hydroxylation sites is 2. The summed E-state index contributed by atoms with van der Waals surface area (Å²) in [7, 11) is 0. The fourth-order valence-corrected chi connectivity index (χ4v) is 4.92. The van der Waals surface area contributed by atoms with E-state index in [-0.39, 0.29) is 26.8 Å². The van der Waals surface area contributed by atoms with Crippen molar-refractivity contribution in [3.8, 4) is 34.0 Å². The SMILES string of the molecule is CC(C)Cc1cc(-c2[c-]c(-n3c4ccccc4c4cccnc43)ccc2)nc(-c2ccccc2O)c1.[Pt]. The molecule has 186 valence electrons. The van der Waals surface area contributed by atoms with Gasteiger partial charge < -0.3 is 9.67 Å². The van der Waals surface area contributed by atoms with Crippen molar-refractivity contribution in [1.29, 1.82) is 0 Å². The van der Waals surface area contributed by atoms with Gasteiger partial charge in [0.15, 0.2) is 0 Å². The van der Waals surface area contributed by atoms with Crippen LogP contribution in [0.3, 0.4) is 0 Å². The molecule has 3 aromatic carbocycles. The molecule has 3 aromatic heterocycles. The molecule has 0 bridgehead atoms. The predicted octanol–water partition coefficient (Wildman–Crippen LogP) is 7.61. The van der Waals surface area contributed by atoms with Gasteiger partial charge in [0.05, 0.1) is 11.2 Å². The first-order chi connectivity index (χ1) is 17.6. The van der Waals surface area contributed by atoms with Gasteiger partial charge >= 0.3 is 0 Å². The van der Waals surface area contributed by atoms with Crippen molar-refractivity contribution in [1.82, 2.24) is 14.5 Å². The molecule has 5 heteroatoms. The van der Waals surface area contributed by atoms with Gasteiger partial charge in [-0.3, -0.25) is 4.98 Å². The number of benzene rings is 3. The van der Waals surface area contributed by atoms with Crippen molar-refractivity contribution in [3.05, 3.63) is 109 Å². The average molecular weight is 664 g/mol. The van der Waals surface area contributed by atoms with E-state index in [9.17, 15) is 5.11 Å². The van der Waals surface area contributed by atoms with Crippen molar-refractivity contribution in [3.63, 3.8) is 0 Å². The Morgan fingerprint density at radius 1 is 0.838 bits per heavy atom. The monoisotopic (exact) mass is 663 g/mol. The van der Waals surface area contributed by atoms with Gasteiger partial charge in [-0.05, 0) is 60.1 Å². The van der Waals surface area contributed by atoms with Crippen LogP contribution in [0.1, 0.15) is 19.4 Å². The maximum absolute atomic E-state index is 10.5. The number of nitrogens with zero attached hydrogens (tertiary/aromatic N) is 3. The molecule has 0 saturated heterocycles. The summed E-state index contributed by atoms with van der Waals surface area (Å²) in [5.41, 5.74) is 7.33. The van der Waals surface area contributed by atoms with Crippen LogP contribution in [0.15, 0.2) is 97.2 Å². The molecule has 0 aliphatic carbocycles. The molecule has 0 aliphatic heterocycles. The minimum Gasteiger partial charge on any atom is -0.507 e. The Bertz CT molecular complexity index is 1670. The molecule has 6 aromatic rings. The largest absolute Gasteiger partial charge is 0.507 e. The molecule has 4 nitrogen and oxygen atoms in total. The number of phenolic OH excluding ortho intramolecular Hbond substituents is 1. The van der Waals surface area contributed by atoms with Crippen LogP contribution in [0.4, 0.5) is 0 Å². The Labute approximate surface area is 230 Å². The first-order valence-corrected chi connectivity index (χ1v) is 12.2. The minimum absolute atomic E-state index is 0. The van der Waals surface area contributed by atoms with Crippen molar-refractivity contribution >= 4 is 21.9 Å². The summed E-state index contributed by atoms with van der Waals surface area (Å²) >= 11 is 0. The third-order valence-electron chi connectivity index (χ3n) is 6.44. The Balaban J connectivity index is 0.00000280. The maximum atomic E-state index is 10.5. The van der Waals surface area contributed by atoms with E-state index in [2.05, 4.69) is 73.0 Å². The Hall–Kier alpha value is -3.75. The molecule has 0 radical (unpaired) electrons. The van der Waals surface area contributed by atoms with Crippen LogP contribution in [-0.4, -0.2) is 19.6 Å². The molecule has 0 fully saturated rings. The van der Waals surface area contributed by atoms with Gasteiger partial charge in [-0.2, -0.15) is 0 Å². The van der Waals surface area contributed by atoms with Crippen LogP contribution in [0.2, 0.25) is 0 Å². The Kier molecular flexibility index (Phi) is 6.95. The predicted molar refractivity (Wildman–Crippen MR) is 146 cm³/mol. The van der Waals surface area contributed by atoms with E-state index in [0.29, 0.717) is 5.92 Å². The second kappa shape index (κ2) is 10.3. The summed E-state index contributed by atoms with van der Waals surface area (Å²) in [5.74, 6) is 0.725. The molecule has 0 saturated carbocycles. The second-order valence-electron chi connectivity index (χ2n) is 9.54. The van der Waals surface area contributed by atoms with Crippen LogP contribution in [0.25, 0.3) is 50.1 Å². The number of pyridine rings is 2. The van der Waals surface area contributed by atoms with Gasteiger partial charge in [-0.15, -0.1) is 29.8 Å². The van der Waals surface area contributed by atoms with Crippen molar-refractivity contribution < 1.29 is 26.2 Å². The van der Waals surface area contributed by atoms with E-state index in [1.165, 1.54) is 10.9 Å². The van der Waals surface area contributed by atoms with Crippen molar-refractivity contribution in [2.75, 3.05) is 0 Å². The number of rotatable bonds is 5. The van der Waals surface area contributed by atoms with Crippen molar-refractivity contribution in [2.24, 2.45) is 5.92 Å². The zero-order chi connectivity index (χ0) is 24.6. The fraction of sp³-hybridized carbons (Fsp3) is 0.125. The minimum atomic E-state index is 0. The molecule has 0 spiro atoms. The number of hydrogen-bond acceptors (Lipinski definition) is 3. The number of fused-ring (bicyclic) bond motifs is 3. The van der Waals surface area contributed by atoms with Crippen LogP contribution in [0.5, 0.6) is 5.75 Å². The van der Waals surface area contributed by atoms with E-state index in [1.54, 1.807) is 6.07 Å². The van der Waals surface area contributed by atoms with Gasteiger partial charge in [-0.25, -0.2) is 4.98 Å². The van der Waals surface area contributed by atoms with E-state index in [0.717, 1.165) is 51.2 Å². The smallest absolute Gasteiger partial charge is 0.144 e. The van der Waals surface area contributed by atoms with E-state index in [4.69, 9.17) is 9.97 Å². The number of hydrogen-bond donors (Lipinski definition) is 1. The summed E-state index contributed by atoms with van der Waals surface area (Å²) in [6.45, 7) is 4.42. The first-order valence-electron chi connectivity index (χ1n) is 12.2. The van der Waals surface area contributed by atoms with Gasteiger partial charge in [0.1, 0.15) is 11.4 Å². The molecular formula is C32H26N3OPt-. The topological polar surface area (TPSA) is 50.9 Å². The molecule has 0 aliphatic rings. The van der Waals surface area contributed by atoms with E-state index < -0.39 is 0 Å². The van der Waals surface area contributed by atoms with Gasteiger partial charge in [0.25, 0.3) is 0 Å². The van der Waals surface area contributed by atoms with Gasteiger partial charge in [0, 0.05) is 43.6 Å². The number of aromatic nitrogens is 3. The number of phenols is 1. The maximum Gasteiger partial charge on any atom is 0.144 e. The number of aromatic hydroxyl groups is 1. The normalized spacial score (nSPS) is 11.2. The van der Waals surface area contributed by atoms with Crippen LogP contribution < -0.4 is 0 Å². The first kappa shape index (κ1) is 24.9. The molecule has 3 heterocycles. The molecular weight excluding hydrogens is 637 g/mol. The molecule has 0 amide bonds. The van der Waals surface area contributed by atoms with E-state index in [1.807, 2.05) is 42.6 Å². The average Bonchev–Trinajstić information content (AvgIpc) is 3.23. The fourth-order valence-electron chi connectivity index (χ4n) is 4.92. The van der Waals surface area contributed by atoms with E-state index >= 15 is 0 Å². The third kappa shape index (κ3) is 4.70. The van der Waals surface area contributed by atoms with Crippen molar-refractivity contribution in [2.45, 2.75) is 20.3 Å². The van der Waals surface area contributed by atoms with Gasteiger partial charge in [-0.1, -0.05) is 55.8 Å². The summed E-state index contributed by atoms with van der Waals surface area (Å²) in [4.78, 5) is 9.68. The molecule has 37 heavy (non-hydrogen) atoms. The quantitative estimate of drug-likeness (QED) is 0.193. The summed E-state index contributed by atoms with van der Waals surface area (Å²) in [6, 6.07) is 33.8. The van der Waals surface area contributed by atoms with Gasteiger partial charge in [0.2, 0.25) is 0 Å².